The maximum atomic E-state index is 13.8. The van der Waals surface area contributed by atoms with Gasteiger partial charge in [0.2, 0.25) is 0 Å². The Morgan fingerprint density at radius 3 is 2.38 bits per heavy atom. The van der Waals surface area contributed by atoms with Gasteiger partial charge in [0.25, 0.3) is 11.6 Å². The van der Waals surface area contributed by atoms with Gasteiger partial charge in [0.05, 0.1) is 27.4 Å². The molecule has 0 radical (unpaired) electrons. The Hall–Kier alpha value is -2.55. The first-order valence-electron chi connectivity index (χ1n) is 5.60. The second-order valence-electron chi connectivity index (χ2n) is 4.25. The van der Waals surface area contributed by atoms with E-state index in [0.717, 1.165) is 34.2 Å². The van der Waals surface area contributed by atoms with Crippen LogP contribution in [-0.4, -0.2) is 24.1 Å². The molecule has 1 amide bonds. The van der Waals surface area contributed by atoms with E-state index in [1.807, 2.05) is 0 Å². The van der Waals surface area contributed by atoms with Gasteiger partial charge in [-0.05, 0) is 13.0 Å². The Bertz CT molecular complexity index is 778. The van der Waals surface area contributed by atoms with Crippen molar-refractivity contribution in [3.63, 3.8) is 0 Å². The van der Waals surface area contributed by atoms with Gasteiger partial charge in [-0.25, -0.2) is 12.8 Å². The fourth-order valence-electron chi connectivity index (χ4n) is 1.70. The van der Waals surface area contributed by atoms with Crippen molar-refractivity contribution < 1.29 is 22.5 Å². The number of carbonyl (C=O) groups excluding carboxylic acids is 1. The van der Waals surface area contributed by atoms with Gasteiger partial charge in [0, 0.05) is 18.0 Å². The summed E-state index contributed by atoms with van der Waals surface area (Å²) in [5.41, 5.74) is -0.689. The topological polar surface area (TPSA) is 97.6 Å². The van der Waals surface area contributed by atoms with Gasteiger partial charge in [-0.3, -0.25) is 19.8 Å². The third kappa shape index (κ3) is 2.97. The molecular formula is C12H9FN2O5S. The second kappa shape index (κ2) is 5.09. The number of halogens is 1. The summed E-state index contributed by atoms with van der Waals surface area (Å²) in [6, 6.07) is 1.72. The quantitative estimate of drug-likeness (QED) is 0.613. The Balaban J connectivity index is 2.40. The number of amides is 1. The average Bonchev–Trinajstić information content (AvgIpc) is 2.40. The molecule has 0 saturated heterocycles. The molecule has 9 heteroatoms. The molecule has 0 unspecified atom stereocenters. The number of carbonyl (C=O) groups is 1. The van der Waals surface area contributed by atoms with Gasteiger partial charge >= 0.3 is 0 Å². The molecule has 1 aromatic carbocycles. The number of benzene rings is 1. The van der Waals surface area contributed by atoms with Gasteiger partial charge in [0.1, 0.15) is 5.82 Å². The minimum absolute atomic E-state index is 0.127. The third-order valence-corrected chi connectivity index (χ3v) is 3.77. The molecule has 0 spiro atoms. The van der Waals surface area contributed by atoms with Crippen molar-refractivity contribution in [1.29, 1.82) is 0 Å². The van der Waals surface area contributed by atoms with E-state index in [1.165, 1.54) is 6.92 Å². The molecule has 7 nitrogen and oxygen atoms in total. The number of hydrogen-bond donors (Lipinski definition) is 0. The zero-order valence-corrected chi connectivity index (χ0v) is 11.5. The van der Waals surface area contributed by atoms with Gasteiger partial charge in [-0.15, -0.1) is 0 Å². The first-order valence-corrected chi connectivity index (χ1v) is 7.21. The molecule has 2 rings (SSSR count). The Kier molecular flexibility index (Phi) is 3.60. The Morgan fingerprint density at radius 1 is 1.29 bits per heavy atom. The highest BCUT2D eigenvalue weighted by molar-refractivity contribution is 7.97. The average molecular weight is 312 g/mol. The van der Waals surface area contributed by atoms with Gasteiger partial charge in [0.15, 0.2) is 9.84 Å². The van der Waals surface area contributed by atoms with Crippen LogP contribution < -0.4 is 0 Å². The molecule has 0 aliphatic carbocycles. The molecule has 0 N–H and O–H groups in total. The monoisotopic (exact) mass is 312 g/mol. The Morgan fingerprint density at radius 2 is 1.86 bits per heavy atom. The predicted molar refractivity (Wildman–Crippen MR) is 71.2 cm³/mol. The van der Waals surface area contributed by atoms with E-state index in [9.17, 15) is 27.7 Å². The van der Waals surface area contributed by atoms with E-state index in [2.05, 4.69) is 0 Å². The smallest absolute Gasteiger partial charge is 0.275 e. The molecule has 0 atom stereocenters. The SMILES string of the molecule is Cc1cc(C(=O)N2C=CS(=O)(=O)C=C2)c(F)cc1[N+](=O)[O-]. The lowest BCUT2D eigenvalue weighted by Gasteiger charge is -2.16. The standard InChI is InChI=1S/C12H9FN2O5S/c1-8-6-9(10(13)7-11(8)15(17)18)12(16)14-2-4-21(19,20)5-3-14/h2-7H,1H3. The van der Waals surface area contributed by atoms with Gasteiger partial charge in [-0.1, -0.05) is 0 Å². The first kappa shape index (κ1) is 14.9. The van der Waals surface area contributed by atoms with E-state index < -0.39 is 32.2 Å². The number of sulfone groups is 1. The summed E-state index contributed by atoms with van der Waals surface area (Å²) in [5.74, 6) is -1.87. The minimum Gasteiger partial charge on any atom is -0.289 e. The van der Waals surface area contributed by atoms with Crippen molar-refractivity contribution in [1.82, 2.24) is 4.90 Å². The Labute approximate surface area is 119 Å². The lowest BCUT2D eigenvalue weighted by atomic mass is 10.1. The van der Waals surface area contributed by atoms with Crippen LogP contribution >= 0.6 is 0 Å². The zero-order chi connectivity index (χ0) is 15.8. The molecule has 0 aromatic heterocycles. The molecule has 1 heterocycles. The summed E-state index contributed by atoms with van der Waals surface area (Å²) in [6.07, 6.45) is 1.96. The van der Waals surface area contributed by atoms with Crippen LogP contribution in [0.5, 0.6) is 0 Å². The fraction of sp³-hybridized carbons (Fsp3) is 0.0833. The molecule has 0 saturated carbocycles. The summed E-state index contributed by atoms with van der Waals surface area (Å²) in [4.78, 5) is 22.9. The van der Waals surface area contributed by atoms with E-state index in [-0.39, 0.29) is 11.1 Å². The summed E-state index contributed by atoms with van der Waals surface area (Å²) in [5, 5.41) is 12.3. The zero-order valence-electron chi connectivity index (χ0n) is 10.7. The summed E-state index contributed by atoms with van der Waals surface area (Å²) in [6.45, 7) is 1.38. The molecule has 1 aliphatic rings. The van der Waals surface area contributed by atoms with Crippen molar-refractivity contribution in [3.8, 4) is 0 Å². The van der Waals surface area contributed by atoms with Crippen molar-refractivity contribution in [2.75, 3.05) is 0 Å². The van der Waals surface area contributed by atoms with E-state index in [0.29, 0.717) is 6.07 Å². The van der Waals surface area contributed by atoms with Gasteiger partial charge in [-0.2, -0.15) is 0 Å². The number of rotatable bonds is 2. The van der Waals surface area contributed by atoms with Crippen LogP contribution in [0.1, 0.15) is 15.9 Å². The molecule has 1 aromatic rings. The normalized spacial score (nSPS) is 16.0. The lowest BCUT2D eigenvalue weighted by molar-refractivity contribution is -0.385. The van der Waals surface area contributed by atoms with E-state index in [1.54, 1.807) is 0 Å². The van der Waals surface area contributed by atoms with Crippen molar-refractivity contribution >= 4 is 21.4 Å². The predicted octanol–water partition coefficient (Wildman–Crippen LogP) is 1.86. The van der Waals surface area contributed by atoms with E-state index >= 15 is 0 Å². The van der Waals surface area contributed by atoms with Crippen LogP contribution in [-0.2, 0) is 9.84 Å². The first-order chi connectivity index (χ1) is 9.71. The number of hydrogen-bond acceptors (Lipinski definition) is 5. The van der Waals surface area contributed by atoms with Gasteiger partial charge < -0.3 is 0 Å². The number of nitro groups is 1. The van der Waals surface area contributed by atoms with Crippen molar-refractivity contribution in [2.24, 2.45) is 0 Å². The maximum Gasteiger partial charge on any atom is 0.275 e. The number of aryl methyl sites for hydroxylation is 1. The number of nitro benzene ring substituents is 1. The highest BCUT2D eigenvalue weighted by Crippen LogP contribution is 2.23. The lowest BCUT2D eigenvalue weighted by Crippen LogP contribution is -2.23. The largest absolute Gasteiger partial charge is 0.289 e. The van der Waals surface area contributed by atoms with Crippen LogP contribution in [0.3, 0.4) is 0 Å². The molecule has 1 aliphatic heterocycles. The minimum atomic E-state index is -3.51. The summed E-state index contributed by atoms with van der Waals surface area (Å²) in [7, 11) is -3.51. The second-order valence-corrected chi connectivity index (χ2v) is 5.97. The molecular weight excluding hydrogens is 303 g/mol. The highest BCUT2D eigenvalue weighted by atomic mass is 32.2. The van der Waals surface area contributed by atoms with Crippen LogP contribution in [0.15, 0.2) is 35.3 Å². The molecule has 110 valence electrons. The third-order valence-electron chi connectivity index (χ3n) is 2.77. The van der Waals surface area contributed by atoms with Crippen molar-refractivity contribution in [2.45, 2.75) is 6.92 Å². The van der Waals surface area contributed by atoms with Crippen LogP contribution in [0.2, 0.25) is 0 Å². The van der Waals surface area contributed by atoms with Crippen LogP contribution in [0, 0.1) is 22.9 Å². The molecule has 0 fully saturated rings. The summed E-state index contributed by atoms with van der Waals surface area (Å²) >= 11 is 0. The summed E-state index contributed by atoms with van der Waals surface area (Å²) < 4.78 is 36.1. The van der Waals surface area contributed by atoms with E-state index in [4.69, 9.17) is 0 Å². The molecule has 0 bridgehead atoms. The number of nitrogens with zero attached hydrogens (tertiary/aromatic N) is 2. The molecule has 21 heavy (non-hydrogen) atoms. The van der Waals surface area contributed by atoms with Crippen LogP contribution in [0.25, 0.3) is 0 Å². The van der Waals surface area contributed by atoms with Crippen LogP contribution in [0.4, 0.5) is 10.1 Å². The van der Waals surface area contributed by atoms with Crippen molar-refractivity contribution in [3.05, 3.63) is 62.4 Å². The maximum absolute atomic E-state index is 13.8. The highest BCUT2D eigenvalue weighted by Gasteiger charge is 2.23. The fourth-order valence-corrected chi connectivity index (χ4v) is 2.39.